The van der Waals surface area contributed by atoms with Crippen LogP contribution < -0.4 is 10.9 Å². The summed E-state index contributed by atoms with van der Waals surface area (Å²) in [6, 6.07) is 15.5. The van der Waals surface area contributed by atoms with Gasteiger partial charge in [0.1, 0.15) is 0 Å². The van der Waals surface area contributed by atoms with Gasteiger partial charge >= 0.3 is 0 Å². The Morgan fingerprint density at radius 1 is 1.09 bits per heavy atom. The number of fused-ring (bicyclic) bond motifs is 1. The summed E-state index contributed by atoms with van der Waals surface area (Å²) < 4.78 is 27.8. The number of H-pyrrole nitrogens is 1. The average Bonchev–Trinajstić information content (AvgIpc) is 2.79. The molecular formula is C24H27N3O4S. The first kappa shape index (κ1) is 22.2. The fourth-order valence-corrected chi connectivity index (χ4v) is 5.51. The molecule has 32 heavy (non-hydrogen) atoms. The summed E-state index contributed by atoms with van der Waals surface area (Å²) in [7, 11) is -3.67. The molecule has 2 N–H and O–H groups in total. The SMILES string of the molecule is CC1CCN(S(=O)(=O)c2ccc3[nH]c(=O)cc(C(=O)NCCc4ccccc4)c3c2)CC1. The third-order valence-corrected chi connectivity index (χ3v) is 7.88. The molecule has 1 fully saturated rings. The molecule has 0 unspecified atom stereocenters. The van der Waals surface area contributed by atoms with Crippen molar-refractivity contribution >= 4 is 26.8 Å². The summed E-state index contributed by atoms with van der Waals surface area (Å²) in [6.07, 6.45) is 2.31. The number of benzene rings is 2. The molecule has 0 spiro atoms. The fraction of sp³-hybridized carbons (Fsp3) is 0.333. The lowest BCUT2D eigenvalue weighted by molar-refractivity contribution is 0.0955. The molecule has 2 aromatic carbocycles. The monoisotopic (exact) mass is 453 g/mol. The van der Waals surface area contributed by atoms with Crippen molar-refractivity contribution in [1.82, 2.24) is 14.6 Å². The zero-order chi connectivity index (χ0) is 22.7. The predicted molar refractivity (Wildman–Crippen MR) is 124 cm³/mol. The normalized spacial score (nSPS) is 15.7. The topological polar surface area (TPSA) is 99.3 Å². The summed E-state index contributed by atoms with van der Waals surface area (Å²) in [5.74, 6) is 0.104. The minimum Gasteiger partial charge on any atom is -0.352 e. The van der Waals surface area contributed by atoms with Crippen LogP contribution in [-0.2, 0) is 16.4 Å². The molecule has 1 amide bonds. The number of carbonyl (C=O) groups is 1. The number of nitrogens with one attached hydrogen (secondary N) is 2. The highest BCUT2D eigenvalue weighted by Gasteiger charge is 2.28. The van der Waals surface area contributed by atoms with Crippen molar-refractivity contribution in [2.45, 2.75) is 31.1 Å². The van der Waals surface area contributed by atoms with Crippen LogP contribution in [0.4, 0.5) is 0 Å². The maximum absolute atomic E-state index is 13.2. The van der Waals surface area contributed by atoms with Crippen molar-refractivity contribution in [1.29, 1.82) is 0 Å². The molecule has 3 aromatic rings. The minimum absolute atomic E-state index is 0.130. The Morgan fingerprint density at radius 2 is 1.81 bits per heavy atom. The van der Waals surface area contributed by atoms with Gasteiger partial charge in [0.05, 0.1) is 10.5 Å². The molecule has 0 bridgehead atoms. The number of nitrogens with zero attached hydrogens (tertiary/aromatic N) is 1. The maximum atomic E-state index is 13.2. The van der Waals surface area contributed by atoms with E-state index in [1.807, 2.05) is 30.3 Å². The Labute approximate surface area is 187 Å². The van der Waals surface area contributed by atoms with E-state index in [2.05, 4.69) is 17.2 Å². The Morgan fingerprint density at radius 3 is 2.53 bits per heavy atom. The maximum Gasteiger partial charge on any atom is 0.252 e. The van der Waals surface area contributed by atoms with Crippen LogP contribution >= 0.6 is 0 Å². The molecule has 1 aliphatic heterocycles. The van der Waals surface area contributed by atoms with Gasteiger partial charge < -0.3 is 10.3 Å². The summed E-state index contributed by atoms with van der Waals surface area (Å²) in [5, 5.41) is 3.25. The van der Waals surface area contributed by atoms with Crippen molar-refractivity contribution in [3.05, 3.63) is 76.1 Å². The summed E-state index contributed by atoms with van der Waals surface area (Å²) in [5.41, 5.74) is 1.28. The molecule has 7 nitrogen and oxygen atoms in total. The largest absolute Gasteiger partial charge is 0.352 e. The molecule has 0 radical (unpaired) electrons. The molecular weight excluding hydrogens is 426 g/mol. The average molecular weight is 454 g/mol. The van der Waals surface area contributed by atoms with E-state index in [0.29, 0.717) is 42.9 Å². The van der Waals surface area contributed by atoms with Gasteiger partial charge in [-0.05, 0) is 48.9 Å². The number of pyridine rings is 1. The molecule has 1 saturated heterocycles. The molecule has 0 atom stereocenters. The van der Waals surface area contributed by atoms with E-state index in [1.165, 1.54) is 22.5 Å². The zero-order valence-corrected chi connectivity index (χ0v) is 18.8. The van der Waals surface area contributed by atoms with E-state index in [0.717, 1.165) is 18.4 Å². The zero-order valence-electron chi connectivity index (χ0n) is 18.0. The molecule has 0 aliphatic carbocycles. The van der Waals surface area contributed by atoms with Crippen molar-refractivity contribution in [3.63, 3.8) is 0 Å². The quantitative estimate of drug-likeness (QED) is 0.599. The number of piperidine rings is 1. The van der Waals surface area contributed by atoms with Gasteiger partial charge in [-0.15, -0.1) is 0 Å². The number of rotatable bonds is 6. The van der Waals surface area contributed by atoms with Gasteiger partial charge in [-0.3, -0.25) is 9.59 Å². The van der Waals surface area contributed by atoms with Gasteiger partial charge in [0.2, 0.25) is 15.6 Å². The second-order valence-electron chi connectivity index (χ2n) is 8.33. The van der Waals surface area contributed by atoms with Crippen LogP contribution in [0.15, 0.2) is 64.3 Å². The summed E-state index contributed by atoms with van der Waals surface area (Å²) in [6.45, 7) is 3.50. The van der Waals surface area contributed by atoms with Gasteiger partial charge in [0.25, 0.3) is 5.91 Å². The number of aromatic amines is 1. The lowest BCUT2D eigenvalue weighted by Gasteiger charge is -2.29. The van der Waals surface area contributed by atoms with Crippen LogP contribution in [-0.4, -0.2) is 43.2 Å². The second kappa shape index (κ2) is 9.26. The first-order valence-corrected chi connectivity index (χ1v) is 12.3. The Kier molecular flexibility index (Phi) is 6.43. The van der Waals surface area contributed by atoms with Gasteiger partial charge in [-0.2, -0.15) is 4.31 Å². The third-order valence-electron chi connectivity index (χ3n) is 5.98. The minimum atomic E-state index is -3.67. The van der Waals surface area contributed by atoms with Crippen molar-refractivity contribution in [2.75, 3.05) is 19.6 Å². The van der Waals surface area contributed by atoms with E-state index < -0.39 is 21.5 Å². The number of amides is 1. The summed E-state index contributed by atoms with van der Waals surface area (Å²) in [4.78, 5) is 27.8. The number of aromatic nitrogens is 1. The van der Waals surface area contributed by atoms with Crippen LogP contribution in [0.5, 0.6) is 0 Å². The van der Waals surface area contributed by atoms with Crippen LogP contribution in [0, 0.1) is 5.92 Å². The van der Waals surface area contributed by atoms with Crippen LogP contribution in [0.3, 0.4) is 0 Å². The van der Waals surface area contributed by atoms with Crippen LogP contribution in [0.2, 0.25) is 0 Å². The van der Waals surface area contributed by atoms with E-state index in [1.54, 1.807) is 6.07 Å². The first-order valence-electron chi connectivity index (χ1n) is 10.8. The molecule has 168 valence electrons. The number of sulfonamides is 1. The van der Waals surface area contributed by atoms with Crippen molar-refractivity contribution in [2.24, 2.45) is 5.92 Å². The first-order chi connectivity index (χ1) is 15.3. The standard InChI is InChI=1S/C24H27N3O4S/c1-17-10-13-27(14-11-17)32(30,31)19-7-8-22-20(15-19)21(16-23(28)26-22)24(29)25-12-9-18-5-3-2-4-6-18/h2-8,15-17H,9-14H2,1H3,(H,25,29)(H,26,28). The lowest BCUT2D eigenvalue weighted by atomic mass is 10.0. The van der Waals surface area contributed by atoms with E-state index in [9.17, 15) is 18.0 Å². The number of hydrogen-bond donors (Lipinski definition) is 2. The molecule has 1 aliphatic rings. The van der Waals surface area contributed by atoms with Gasteiger partial charge in [-0.1, -0.05) is 37.3 Å². The Balaban J connectivity index is 1.61. The summed E-state index contributed by atoms with van der Waals surface area (Å²) >= 11 is 0. The lowest BCUT2D eigenvalue weighted by Crippen LogP contribution is -2.37. The predicted octanol–water partition coefficient (Wildman–Crippen LogP) is 2.92. The highest BCUT2D eigenvalue weighted by atomic mass is 32.2. The molecule has 2 heterocycles. The smallest absolute Gasteiger partial charge is 0.252 e. The van der Waals surface area contributed by atoms with Crippen molar-refractivity contribution in [3.8, 4) is 0 Å². The Bertz CT molecular complexity index is 1280. The highest BCUT2D eigenvalue weighted by Crippen LogP contribution is 2.26. The second-order valence-corrected chi connectivity index (χ2v) is 10.3. The fourth-order valence-electron chi connectivity index (χ4n) is 4.02. The van der Waals surface area contributed by atoms with Gasteiger partial charge in [-0.25, -0.2) is 8.42 Å². The van der Waals surface area contributed by atoms with E-state index in [4.69, 9.17) is 0 Å². The molecule has 0 saturated carbocycles. The van der Waals surface area contributed by atoms with Crippen LogP contribution in [0.25, 0.3) is 10.9 Å². The number of carbonyl (C=O) groups excluding carboxylic acids is 1. The molecule has 4 rings (SSSR count). The van der Waals surface area contributed by atoms with Gasteiger partial charge in [0.15, 0.2) is 0 Å². The Hall–Kier alpha value is -2.97. The van der Waals surface area contributed by atoms with Crippen molar-refractivity contribution < 1.29 is 13.2 Å². The van der Waals surface area contributed by atoms with E-state index >= 15 is 0 Å². The van der Waals surface area contributed by atoms with Gasteiger partial charge in [0, 0.05) is 36.6 Å². The van der Waals surface area contributed by atoms with Crippen LogP contribution in [0.1, 0.15) is 35.7 Å². The highest BCUT2D eigenvalue weighted by molar-refractivity contribution is 7.89. The third kappa shape index (κ3) is 4.76. The number of hydrogen-bond acceptors (Lipinski definition) is 4. The molecule has 1 aromatic heterocycles. The molecule has 8 heteroatoms. The van der Waals surface area contributed by atoms with E-state index in [-0.39, 0.29) is 10.5 Å².